The molecule has 0 aliphatic carbocycles. The SMILES string of the molecule is CCc1nc(C(=O)NCc2cccc(OC)c2)n[nH]1. The molecule has 6 heteroatoms. The minimum absolute atomic E-state index is 0.166. The Morgan fingerprint density at radius 2 is 2.32 bits per heavy atom. The van der Waals surface area contributed by atoms with Gasteiger partial charge in [-0.25, -0.2) is 4.98 Å². The van der Waals surface area contributed by atoms with Crippen LogP contribution in [-0.4, -0.2) is 28.2 Å². The number of hydrogen-bond acceptors (Lipinski definition) is 4. The van der Waals surface area contributed by atoms with E-state index < -0.39 is 0 Å². The molecule has 1 aromatic carbocycles. The van der Waals surface area contributed by atoms with Gasteiger partial charge in [0.05, 0.1) is 7.11 Å². The molecule has 1 amide bonds. The van der Waals surface area contributed by atoms with Crippen LogP contribution in [0, 0.1) is 0 Å². The number of nitrogens with zero attached hydrogens (tertiary/aromatic N) is 2. The number of aromatic nitrogens is 3. The Morgan fingerprint density at radius 1 is 1.47 bits per heavy atom. The molecule has 0 spiro atoms. The first kappa shape index (κ1) is 13.1. The van der Waals surface area contributed by atoms with Crippen molar-refractivity contribution in [1.29, 1.82) is 0 Å². The molecule has 6 nitrogen and oxygen atoms in total. The number of methoxy groups -OCH3 is 1. The molecule has 0 saturated carbocycles. The van der Waals surface area contributed by atoms with E-state index in [0.717, 1.165) is 17.7 Å². The predicted molar refractivity (Wildman–Crippen MR) is 69.9 cm³/mol. The van der Waals surface area contributed by atoms with E-state index in [1.165, 1.54) is 0 Å². The van der Waals surface area contributed by atoms with E-state index in [1.54, 1.807) is 7.11 Å². The molecule has 2 aromatic rings. The van der Waals surface area contributed by atoms with E-state index in [4.69, 9.17) is 4.74 Å². The Kier molecular flexibility index (Phi) is 4.12. The third-order valence-electron chi connectivity index (χ3n) is 2.66. The van der Waals surface area contributed by atoms with Gasteiger partial charge in [-0.05, 0) is 17.7 Å². The number of nitrogens with one attached hydrogen (secondary N) is 2. The number of H-pyrrole nitrogens is 1. The number of hydrogen-bond donors (Lipinski definition) is 2. The van der Waals surface area contributed by atoms with E-state index in [1.807, 2.05) is 31.2 Å². The van der Waals surface area contributed by atoms with Crippen molar-refractivity contribution in [3.63, 3.8) is 0 Å². The summed E-state index contributed by atoms with van der Waals surface area (Å²) in [6.07, 6.45) is 0.718. The van der Waals surface area contributed by atoms with Gasteiger partial charge in [0.2, 0.25) is 5.82 Å². The highest BCUT2D eigenvalue weighted by atomic mass is 16.5. The van der Waals surface area contributed by atoms with Crippen molar-refractivity contribution in [2.75, 3.05) is 7.11 Å². The molecule has 0 radical (unpaired) electrons. The number of ether oxygens (including phenoxy) is 1. The van der Waals surface area contributed by atoms with E-state index in [-0.39, 0.29) is 11.7 Å². The smallest absolute Gasteiger partial charge is 0.291 e. The lowest BCUT2D eigenvalue weighted by Gasteiger charge is -2.05. The fraction of sp³-hybridized carbons (Fsp3) is 0.308. The monoisotopic (exact) mass is 260 g/mol. The van der Waals surface area contributed by atoms with Crippen molar-refractivity contribution >= 4 is 5.91 Å². The highest BCUT2D eigenvalue weighted by Crippen LogP contribution is 2.12. The van der Waals surface area contributed by atoms with Gasteiger partial charge in [-0.2, -0.15) is 0 Å². The van der Waals surface area contributed by atoms with Gasteiger partial charge in [0.1, 0.15) is 11.6 Å². The Balaban J connectivity index is 1.96. The summed E-state index contributed by atoms with van der Waals surface area (Å²) in [7, 11) is 1.61. The number of carbonyl (C=O) groups is 1. The van der Waals surface area contributed by atoms with Gasteiger partial charge >= 0.3 is 0 Å². The first-order valence-corrected chi connectivity index (χ1v) is 6.05. The van der Waals surface area contributed by atoms with Crippen molar-refractivity contribution in [1.82, 2.24) is 20.5 Å². The zero-order valence-electron chi connectivity index (χ0n) is 10.9. The van der Waals surface area contributed by atoms with Crippen LogP contribution in [0.1, 0.15) is 28.9 Å². The molecule has 0 saturated heterocycles. The Bertz CT molecular complexity index is 565. The molecule has 0 unspecified atom stereocenters. The van der Waals surface area contributed by atoms with Crippen LogP contribution in [-0.2, 0) is 13.0 Å². The second-order valence-corrected chi connectivity index (χ2v) is 3.99. The quantitative estimate of drug-likeness (QED) is 0.849. The lowest BCUT2D eigenvalue weighted by atomic mass is 10.2. The first-order chi connectivity index (χ1) is 9.22. The molecule has 1 heterocycles. The van der Waals surface area contributed by atoms with Gasteiger partial charge in [0, 0.05) is 13.0 Å². The number of aryl methyl sites for hydroxylation is 1. The molecule has 2 rings (SSSR count). The second-order valence-electron chi connectivity index (χ2n) is 3.99. The molecule has 0 aliphatic heterocycles. The summed E-state index contributed by atoms with van der Waals surface area (Å²) in [5.74, 6) is 1.34. The van der Waals surface area contributed by atoms with Crippen LogP contribution in [0.3, 0.4) is 0 Å². The summed E-state index contributed by atoms with van der Waals surface area (Å²) < 4.78 is 5.12. The van der Waals surface area contributed by atoms with E-state index in [9.17, 15) is 4.79 Å². The first-order valence-electron chi connectivity index (χ1n) is 6.05. The van der Waals surface area contributed by atoms with Crippen LogP contribution in [0.2, 0.25) is 0 Å². The zero-order valence-corrected chi connectivity index (χ0v) is 10.9. The highest BCUT2D eigenvalue weighted by molar-refractivity contribution is 5.90. The Hall–Kier alpha value is -2.37. The van der Waals surface area contributed by atoms with E-state index in [2.05, 4.69) is 20.5 Å². The van der Waals surface area contributed by atoms with Gasteiger partial charge in [0.25, 0.3) is 5.91 Å². The number of amides is 1. The normalized spacial score (nSPS) is 10.2. The molecular formula is C13H16N4O2. The van der Waals surface area contributed by atoms with Gasteiger partial charge in [-0.1, -0.05) is 19.1 Å². The standard InChI is InChI=1S/C13H16N4O2/c1-3-11-15-12(17-16-11)13(18)14-8-9-5-4-6-10(7-9)19-2/h4-7H,3,8H2,1-2H3,(H,14,18)(H,15,16,17). The largest absolute Gasteiger partial charge is 0.497 e. The lowest BCUT2D eigenvalue weighted by Crippen LogP contribution is -2.24. The average Bonchev–Trinajstić information content (AvgIpc) is 2.94. The summed E-state index contributed by atoms with van der Waals surface area (Å²) in [4.78, 5) is 15.9. The summed E-state index contributed by atoms with van der Waals surface area (Å²) in [6.45, 7) is 2.35. The minimum atomic E-state index is -0.293. The summed E-state index contributed by atoms with van der Waals surface area (Å²) in [6, 6.07) is 7.52. The van der Waals surface area contributed by atoms with Crippen LogP contribution in [0.4, 0.5) is 0 Å². The third kappa shape index (κ3) is 3.31. The van der Waals surface area contributed by atoms with Crippen LogP contribution in [0.15, 0.2) is 24.3 Å². The number of rotatable bonds is 5. The lowest BCUT2D eigenvalue weighted by molar-refractivity contribution is 0.0941. The minimum Gasteiger partial charge on any atom is -0.497 e. The summed E-state index contributed by atoms with van der Waals surface area (Å²) in [5.41, 5.74) is 0.957. The fourth-order valence-electron chi connectivity index (χ4n) is 1.60. The van der Waals surface area contributed by atoms with Crippen molar-refractivity contribution in [3.8, 4) is 5.75 Å². The van der Waals surface area contributed by atoms with Crippen molar-refractivity contribution in [3.05, 3.63) is 41.5 Å². The molecule has 1 aromatic heterocycles. The predicted octanol–water partition coefficient (Wildman–Crippen LogP) is 1.31. The van der Waals surface area contributed by atoms with Crippen molar-refractivity contribution in [2.45, 2.75) is 19.9 Å². The van der Waals surface area contributed by atoms with Gasteiger partial charge in [-0.15, -0.1) is 5.10 Å². The summed E-state index contributed by atoms with van der Waals surface area (Å²) in [5, 5.41) is 9.34. The maximum Gasteiger partial charge on any atom is 0.291 e. The van der Waals surface area contributed by atoms with Crippen LogP contribution < -0.4 is 10.1 Å². The number of carbonyl (C=O) groups excluding carboxylic acids is 1. The van der Waals surface area contributed by atoms with Crippen molar-refractivity contribution < 1.29 is 9.53 Å². The Labute approximate surface area is 111 Å². The number of benzene rings is 1. The van der Waals surface area contributed by atoms with Crippen LogP contribution in [0.25, 0.3) is 0 Å². The molecule has 0 atom stereocenters. The van der Waals surface area contributed by atoms with Gasteiger partial charge < -0.3 is 10.1 Å². The van der Waals surface area contributed by atoms with Crippen molar-refractivity contribution in [2.24, 2.45) is 0 Å². The van der Waals surface area contributed by atoms with E-state index >= 15 is 0 Å². The molecule has 2 N–H and O–H groups in total. The van der Waals surface area contributed by atoms with E-state index in [0.29, 0.717) is 12.4 Å². The van der Waals surface area contributed by atoms with Gasteiger partial charge in [0.15, 0.2) is 0 Å². The summed E-state index contributed by atoms with van der Waals surface area (Å²) >= 11 is 0. The number of aromatic amines is 1. The third-order valence-corrected chi connectivity index (χ3v) is 2.66. The molecule has 0 aliphatic rings. The van der Waals surface area contributed by atoms with Gasteiger partial charge in [-0.3, -0.25) is 9.89 Å². The fourth-order valence-corrected chi connectivity index (χ4v) is 1.60. The molecule has 19 heavy (non-hydrogen) atoms. The zero-order chi connectivity index (χ0) is 13.7. The topological polar surface area (TPSA) is 79.9 Å². The average molecular weight is 260 g/mol. The molecular weight excluding hydrogens is 244 g/mol. The van der Waals surface area contributed by atoms with Crippen LogP contribution >= 0.6 is 0 Å². The highest BCUT2D eigenvalue weighted by Gasteiger charge is 2.11. The second kappa shape index (κ2) is 5.99. The molecule has 0 bridgehead atoms. The molecule has 0 fully saturated rings. The Morgan fingerprint density at radius 3 is 3.00 bits per heavy atom. The van der Waals surface area contributed by atoms with Crippen LogP contribution in [0.5, 0.6) is 5.75 Å². The maximum absolute atomic E-state index is 11.8. The molecule has 100 valence electrons. The maximum atomic E-state index is 11.8.